The van der Waals surface area contributed by atoms with Crippen molar-refractivity contribution in [3.8, 4) is 11.5 Å². The Hall–Kier alpha value is -3.82. The summed E-state index contributed by atoms with van der Waals surface area (Å²) in [6, 6.07) is 35.6. The fourth-order valence-corrected chi connectivity index (χ4v) is 4.30. The fourth-order valence-electron chi connectivity index (χ4n) is 4.30. The van der Waals surface area contributed by atoms with Gasteiger partial charge in [-0.1, -0.05) is 85.8 Å². The van der Waals surface area contributed by atoms with Crippen molar-refractivity contribution in [2.45, 2.75) is 26.9 Å². The summed E-state index contributed by atoms with van der Waals surface area (Å²) in [5.74, 6) is 1.70. The van der Waals surface area contributed by atoms with Gasteiger partial charge in [-0.25, -0.2) is 0 Å². The second-order valence-electron chi connectivity index (χ2n) is 8.49. The molecule has 0 spiro atoms. The number of rotatable bonds is 10. The third kappa shape index (κ3) is 6.20. The molecule has 0 fully saturated rings. The van der Waals surface area contributed by atoms with Gasteiger partial charge in [-0.15, -0.1) is 0 Å². The zero-order valence-corrected chi connectivity index (χ0v) is 20.5. The van der Waals surface area contributed by atoms with E-state index < -0.39 is 0 Å². The van der Waals surface area contributed by atoms with Crippen LogP contribution in [-0.2, 0) is 6.61 Å². The molecule has 0 aliphatic heterocycles. The Morgan fingerprint density at radius 3 is 2.00 bits per heavy atom. The molecule has 3 nitrogen and oxygen atoms in total. The number of aryl methyl sites for hydroxylation is 1. The lowest BCUT2D eigenvalue weighted by molar-refractivity contribution is 0.306. The molecule has 2 N–H and O–H groups in total. The molecule has 4 rings (SSSR count). The molecule has 0 aromatic heterocycles. The molecule has 0 heterocycles. The van der Waals surface area contributed by atoms with Gasteiger partial charge in [0, 0.05) is 6.54 Å². The van der Waals surface area contributed by atoms with Crippen LogP contribution in [0.3, 0.4) is 0 Å². The molecule has 4 aromatic carbocycles. The van der Waals surface area contributed by atoms with E-state index in [4.69, 9.17) is 15.2 Å². The zero-order valence-electron chi connectivity index (χ0n) is 20.5. The maximum absolute atomic E-state index is 6.10. The van der Waals surface area contributed by atoms with Gasteiger partial charge in [0.2, 0.25) is 0 Å². The van der Waals surface area contributed by atoms with Crippen LogP contribution in [0.25, 0.3) is 11.1 Å². The first-order valence-electron chi connectivity index (χ1n) is 12.2. The average molecular weight is 464 g/mol. The Bertz CT molecular complexity index is 1250. The van der Waals surface area contributed by atoms with E-state index >= 15 is 0 Å². The van der Waals surface area contributed by atoms with Crippen molar-refractivity contribution in [1.82, 2.24) is 0 Å². The van der Waals surface area contributed by atoms with Crippen LogP contribution in [0.5, 0.6) is 11.5 Å². The van der Waals surface area contributed by atoms with Crippen molar-refractivity contribution < 1.29 is 9.47 Å². The van der Waals surface area contributed by atoms with Crippen molar-refractivity contribution in [3.05, 3.63) is 131 Å². The molecule has 0 unspecified atom stereocenters. The van der Waals surface area contributed by atoms with Gasteiger partial charge in [0.15, 0.2) is 0 Å². The van der Waals surface area contributed by atoms with Gasteiger partial charge in [-0.2, -0.15) is 0 Å². The van der Waals surface area contributed by atoms with E-state index in [1.165, 1.54) is 27.8 Å². The standard InChI is InChI=1S/C32H33NO2/c1-3-30(26-12-8-5-9-13-26)32(27-14-16-28(17-15-27)34-21-20-33)31-19-18-29(22-24(31)2)35-23-25-10-6-4-7-11-25/h4-19,22H,3,20-21,23,33H2,1-2H3/b32-30+. The molecule has 178 valence electrons. The molecule has 0 atom stereocenters. The number of ether oxygens (including phenoxy) is 2. The molecule has 0 saturated carbocycles. The number of benzene rings is 4. The van der Waals surface area contributed by atoms with Crippen LogP contribution in [0.15, 0.2) is 103 Å². The van der Waals surface area contributed by atoms with E-state index in [-0.39, 0.29) is 0 Å². The van der Waals surface area contributed by atoms with E-state index in [9.17, 15) is 0 Å². The average Bonchev–Trinajstić information content (AvgIpc) is 2.91. The lowest BCUT2D eigenvalue weighted by atomic mass is 9.86. The van der Waals surface area contributed by atoms with E-state index in [0.717, 1.165) is 29.0 Å². The van der Waals surface area contributed by atoms with Crippen molar-refractivity contribution in [2.75, 3.05) is 13.2 Å². The summed E-state index contributed by atoms with van der Waals surface area (Å²) in [5, 5.41) is 0. The van der Waals surface area contributed by atoms with Gasteiger partial charge in [0.05, 0.1) is 0 Å². The van der Waals surface area contributed by atoms with Crippen molar-refractivity contribution in [2.24, 2.45) is 5.73 Å². The van der Waals surface area contributed by atoms with E-state index in [2.05, 4.69) is 86.6 Å². The zero-order chi connectivity index (χ0) is 24.5. The Balaban J connectivity index is 1.73. The van der Waals surface area contributed by atoms with Crippen LogP contribution < -0.4 is 15.2 Å². The van der Waals surface area contributed by atoms with Crippen LogP contribution in [0.1, 0.15) is 41.2 Å². The number of hydrogen-bond acceptors (Lipinski definition) is 3. The van der Waals surface area contributed by atoms with Crippen LogP contribution >= 0.6 is 0 Å². The third-order valence-corrected chi connectivity index (χ3v) is 6.02. The van der Waals surface area contributed by atoms with Gasteiger partial charge in [0.25, 0.3) is 0 Å². The predicted molar refractivity (Wildman–Crippen MR) is 146 cm³/mol. The Labute approximate surface area is 208 Å². The Morgan fingerprint density at radius 2 is 1.37 bits per heavy atom. The van der Waals surface area contributed by atoms with E-state index in [1.807, 2.05) is 30.3 Å². The van der Waals surface area contributed by atoms with Crippen LogP contribution in [-0.4, -0.2) is 13.2 Å². The SMILES string of the molecule is CC/C(=C(/c1ccc(OCCN)cc1)c1ccc(OCc2ccccc2)cc1C)c1ccccc1. The second-order valence-corrected chi connectivity index (χ2v) is 8.49. The van der Waals surface area contributed by atoms with Crippen LogP contribution in [0, 0.1) is 6.92 Å². The van der Waals surface area contributed by atoms with Gasteiger partial charge in [-0.05, 0) is 76.6 Å². The summed E-state index contributed by atoms with van der Waals surface area (Å²) in [4.78, 5) is 0. The Kier molecular flexibility index (Phi) is 8.37. The highest BCUT2D eigenvalue weighted by molar-refractivity contribution is 5.99. The number of nitrogens with two attached hydrogens (primary N) is 1. The van der Waals surface area contributed by atoms with Crippen molar-refractivity contribution in [3.63, 3.8) is 0 Å². The quantitative estimate of drug-likeness (QED) is 0.251. The number of hydrogen-bond donors (Lipinski definition) is 1. The third-order valence-electron chi connectivity index (χ3n) is 6.02. The molecule has 0 amide bonds. The Morgan fingerprint density at radius 1 is 0.714 bits per heavy atom. The smallest absolute Gasteiger partial charge is 0.120 e. The largest absolute Gasteiger partial charge is 0.492 e. The lowest BCUT2D eigenvalue weighted by Gasteiger charge is -2.19. The van der Waals surface area contributed by atoms with Crippen molar-refractivity contribution >= 4 is 11.1 Å². The highest BCUT2D eigenvalue weighted by Crippen LogP contribution is 2.37. The molecule has 0 saturated heterocycles. The van der Waals surface area contributed by atoms with E-state index in [1.54, 1.807) is 0 Å². The van der Waals surface area contributed by atoms with E-state index in [0.29, 0.717) is 19.8 Å². The number of allylic oxidation sites excluding steroid dienone is 1. The summed E-state index contributed by atoms with van der Waals surface area (Å²) in [7, 11) is 0. The first-order chi connectivity index (χ1) is 17.2. The molecule has 0 aliphatic rings. The predicted octanol–water partition coefficient (Wildman–Crippen LogP) is 7.28. The van der Waals surface area contributed by atoms with Gasteiger partial charge in [-0.3, -0.25) is 0 Å². The van der Waals surface area contributed by atoms with Crippen LogP contribution in [0.2, 0.25) is 0 Å². The highest BCUT2D eigenvalue weighted by atomic mass is 16.5. The molecule has 0 bridgehead atoms. The summed E-state index contributed by atoms with van der Waals surface area (Å²) in [6.45, 7) is 5.93. The summed E-state index contributed by atoms with van der Waals surface area (Å²) in [5.41, 5.74) is 14.1. The molecule has 0 radical (unpaired) electrons. The normalized spacial score (nSPS) is 11.6. The summed E-state index contributed by atoms with van der Waals surface area (Å²) < 4.78 is 11.8. The minimum atomic E-state index is 0.499. The highest BCUT2D eigenvalue weighted by Gasteiger charge is 2.16. The maximum atomic E-state index is 6.10. The monoisotopic (exact) mass is 463 g/mol. The molecule has 4 aromatic rings. The lowest BCUT2D eigenvalue weighted by Crippen LogP contribution is -2.10. The summed E-state index contributed by atoms with van der Waals surface area (Å²) >= 11 is 0. The molecule has 35 heavy (non-hydrogen) atoms. The van der Waals surface area contributed by atoms with Gasteiger partial charge in [0.1, 0.15) is 24.7 Å². The maximum Gasteiger partial charge on any atom is 0.120 e. The molecular weight excluding hydrogens is 430 g/mol. The first kappa shape index (κ1) is 24.3. The van der Waals surface area contributed by atoms with Crippen LogP contribution in [0.4, 0.5) is 0 Å². The van der Waals surface area contributed by atoms with Crippen molar-refractivity contribution in [1.29, 1.82) is 0 Å². The first-order valence-corrected chi connectivity index (χ1v) is 12.2. The molecule has 3 heteroatoms. The minimum absolute atomic E-state index is 0.499. The minimum Gasteiger partial charge on any atom is -0.492 e. The molecular formula is C32H33NO2. The second kappa shape index (κ2) is 12.0. The molecule has 0 aliphatic carbocycles. The fraction of sp³-hybridized carbons (Fsp3) is 0.188. The summed E-state index contributed by atoms with van der Waals surface area (Å²) in [6.07, 6.45) is 0.913. The van der Waals surface area contributed by atoms with Gasteiger partial charge < -0.3 is 15.2 Å². The van der Waals surface area contributed by atoms with Gasteiger partial charge >= 0.3 is 0 Å². The topological polar surface area (TPSA) is 44.5 Å².